The van der Waals surface area contributed by atoms with Gasteiger partial charge in [-0.15, -0.1) is 23.5 Å². The lowest BCUT2D eigenvalue weighted by atomic mass is 9.86. The highest BCUT2D eigenvalue weighted by molar-refractivity contribution is 8.20. The van der Waals surface area contributed by atoms with Crippen molar-refractivity contribution in [2.45, 2.75) is 42.8 Å². The standard InChI is InChI=1S/C10H18OS2/c11-9(10-12-6-7-13-10)8-4-2-1-3-5-8/h8-11H,1-7H2. The molecule has 0 aromatic carbocycles. The summed E-state index contributed by atoms with van der Waals surface area (Å²) in [6.45, 7) is 0. The molecule has 0 amide bonds. The van der Waals surface area contributed by atoms with E-state index in [1.165, 1.54) is 43.6 Å². The summed E-state index contributed by atoms with van der Waals surface area (Å²) in [6, 6.07) is 0. The maximum atomic E-state index is 10.1. The molecule has 0 aromatic heterocycles. The third-order valence-corrected chi connectivity index (χ3v) is 6.23. The molecule has 2 fully saturated rings. The zero-order valence-electron chi connectivity index (χ0n) is 7.95. The van der Waals surface area contributed by atoms with Crippen LogP contribution in [0.15, 0.2) is 0 Å². The molecule has 0 bridgehead atoms. The SMILES string of the molecule is OC(C1CCCCC1)C1SCCS1. The summed E-state index contributed by atoms with van der Waals surface area (Å²) in [6.07, 6.45) is 6.55. The normalized spacial score (nSPS) is 29.3. The van der Waals surface area contributed by atoms with Gasteiger partial charge in [0.1, 0.15) is 0 Å². The second-order valence-electron chi connectivity index (χ2n) is 4.00. The van der Waals surface area contributed by atoms with Gasteiger partial charge in [0, 0.05) is 11.5 Å². The number of thioether (sulfide) groups is 2. The van der Waals surface area contributed by atoms with Gasteiger partial charge in [-0.1, -0.05) is 19.3 Å². The van der Waals surface area contributed by atoms with Crippen LogP contribution in [0.5, 0.6) is 0 Å². The average molecular weight is 218 g/mol. The Balaban J connectivity index is 1.83. The first-order valence-electron chi connectivity index (χ1n) is 5.29. The zero-order valence-corrected chi connectivity index (χ0v) is 9.58. The molecule has 13 heavy (non-hydrogen) atoms. The Morgan fingerprint density at radius 1 is 1.00 bits per heavy atom. The van der Waals surface area contributed by atoms with E-state index in [4.69, 9.17) is 0 Å². The molecular weight excluding hydrogens is 200 g/mol. The minimum Gasteiger partial charge on any atom is -0.391 e. The van der Waals surface area contributed by atoms with Gasteiger partial charge in [0.15, 0.2) is 0 Å². The van der Waals surface area contributed by atoms with Gasteiger partial charge >= 0.3 is 0 Å². The van der Waals surface area contributed by atoms with Gasteiger partial charge in [-0.3, -0.25) is 0 Å². The number of aliphatic hydroxyl groups is 1. The average Bonchev–Trinajstić information content (AvgIpc) is 2.71. The Hall–Kier alpha value is 0.660. The van der Waals surface area contributed by atoms with Crippen LogP contribution < -0.4 is 0 Å². The van der Waals surface area contributed by atoms with Crippen molar-refractivity contribution in [2.75, 3.05) is 11.5 Å². The van der Waals surface area contributed by atoms with Crippen molar-refractivity contribution in [1.82, 2.24) is 0 Å². The van der Waals surface area contributed by atoms with Gasteiger partial charge < -0.3 is 5.11 Å². The summed E-state index contributed by atoms with van der Waals surface area (Å²) in [7, 11) is 0. The molecule has 1 heterocycles. The first kappa shape index (κ1) is 10.2. The van der Waals surface area contributed by atoms with Crippen LogP contribution in [0.2, 0.25) is 0 Å². The maximum absolute atomic E-state index is 10.1. The minimum absolute atomic E-state index is 0.0298. The molecule has 76 valence electrons. The van der Waals surface area contributed by atoms with Crippen LogP contribution in [-0.4, -0.2) is 27.3 Å². The van der Waals surface area contributed by atoms with Gasteiger partial charge in [0.05, 0.1) is 10.7 Å². The van der Waals surface area contributed by atoms with Crippen LogP contribution in [0.25, 0.3) is 0 Å². The van der Waals surface area contributed by atoms with E-state index in [0.717, 1.165) is 0 Å². The zero-order chi connectivity index (χ0) is 9.10. The van der Waals surface area contributed by atoms with Crippen molar-refractivity contribution < 1.29 is 5.11 Å². The third kappa shape index (κ3) is 2.57. The summed E-state index contributed by atoms with van der Waals surface area (Å²) in [5, 5.41) is 10.1. The molecule has 0 aromatic rings. The fourth-order valence-electron chi connectivity index (χ4n) is 2.27. The van der Waals surface area contributed by atoms with Crippen LogP contribution in [0.3, 0.4) is 0 Å². The molecule has 1 aliphatic carbocycles. The first-order valence-corrected chi connectivity index (χ1v) is 7.39. The van der Waals surface area contributed by atoms with Crippen molar-refractivity contribution in [3.63, 3.8) is 0 Å². The van der Waals surface area contributed by atoms with Crippen LogP contribution in [0.1, 0.15) is 32.1 Å². The van der Waals surface area contributed by atoms with Gasteiger partial charge in [-0.2, -0.15) is 0 Å². The van der Waals surface area contributed by atoms with E-state index in [1.807, 2.05) is 23.5 Å². The number of hydrogen-bond donors (Lipinski definition) is 1. The lowest BCUT2D eigenvalue weighted by Crippen LogP contribution is -2.29. The molecule has 1 saturated heterocycles. The van der Waals surface area contributed by atoms with Crippen molar-refractivity contribution in [3.05, 3.63) is 0 Å². The Labute approximate surface area is 89.1 Å². The van der Waals surface area contributed by atoms with Gasteiger partial charge in [0.2, 0.25) is 0 Å². The van der Waals surface area contributed by atoms with Gasteiger partial charge in [0.25, 0.3) is 0 Å². The Kier molecular flexibility index (Phi) is 3.87. The van der Waals surface area contributed by atoms with Crippen LogP contribution in [-0.2, 0) is 0 Å². The topological polar surface area (TPSA) is 20.2 Å². The monoisotopic (exact) mass is 218 g/mol. The van der Waals surface area contributed by atoms with E-state index in [9.17, 15) is 5.11 Å². The summed E-state index contributed by atoms with van der Waals surface area (Å²) in [5.74, 6) is 3.08. The largest absolute Gasteiger partial charge is 0.391 e. The molecule has 0 spiro atoms. The summed E-state index contributed by atoms with van der Waals surface area (Å²) >= 11 is 3.91. The van der Waals surface area contributed by atoms with E-state index in [0.29, 0.717) is 10.5 Å². The summed E-state index contributed by atoms with van der Waals surface area (Å²) < 4.78 is 0.489. The Morgan fingerprint density at radius 2 is 1.62 bits per heavy atom. The molecule has 1 N–H and O–H groups in total. The molecule has 3 heteroatoms. The summed E-state index contributed by atoms with van der Waals surface area (Å²) in [5.41, 5.74) is 0. The Bertz CT molecular complexity index is 151. The lowest BCUT2D eigenvalue weighted by molar-refractivity contribution is 0.0991. The van der Waals surface area contributed by atoms with E-state index in [-0.39, 0.29) is 6.10 Å². The lowest BCUT2D eigenvalue weighted by Gasteiger charge is -2.29. The van der Waals surface area contributed by atoms with E-state index in [1.54, 1.807) is 0 Å². The quantitative estimate of drug-likeness (QED) is 0.769. The molecule has 2 aliphatic rings. The van der Waals surface area contributed by atoms with Crippen LogP contribution in [0.4, 0.5) is 0 Å². The molecular formula is C10H18OS2. The smallest absolute Gasteiger partial charge is 0.0778 e. The van der Waals surface area contributed by atoms with Gasteiger partial charge in [-0.25, -0.2) is 0 Å². The predicted molar refractivity (Wildman–Crippen MR) is 61.3 cm³/mol. The van der Waals surface area contributed by atoms with Crippen molar-refractivity contribution in [3.8, 4) is 0 Å². The molecule has 1 atom stereocenters. The molecule has 1 aliphatic heterocycles. The first-order chi connectivity index (χ1) is 6.38. The highest BCUT2D eigenvalue weighted by Gasteiger charge is 2.31. The number of aliphatic hydroxyl groups excluding tert-OH is 1. The van der Waals surface area contributed by atoms with Crippen molar-refractivity contribution in [2.24, 2.45) is 5.92 Å². The maximum Gasteiger partial charge on any atom is 0.0778 e. The van der Waals surface area contributed by atoms with Crippen LogP contribution >= 0.6 is 23.5 Å². The van der Waals surface area contributed by atoms with E-state index in [2.05, 4.69) is 0 Å². The second kappa shape index (κ2) is 4.94. The van der Waals surface area contributed by atoms with E-state index < -0.39 is 0 Å². The van der Waals surface area contributed by atoms with Gasteiger partial charge in [-0.05, 0) is 18.8 Å². The molecule has 0 radical (unpaired) electrons. The van der Waals surface area contributed by atoms with E-state index >= 15 is 0 Å². The third-order valence-electron chi connectivity index (χ3n) is 3.06. The minimum atomic E-state index is -0.0298. The highest BCUT2D eigenvalue weighted by atomic mass is 32.2. The Morgan fingerprint density at radius 3 is 2.23 bits per heavy atom. The van der Waals surface area contributed by atoms with Crippen LogP contribution in [0, 0.1) is 5.92 Å². The summed E-state index contributed by atoms with van der Waals surface area (Å²) in [4.78, 5) is 0. The molecule has 1 saturated carbocycles. The fraction of sp³-hybridized carbons (Fsp3) is 1.00. The predicted octanol–water partition coefficient (Wildman–Crippen LogP) is 2.73. The molecule has 1 nitrogen and oxygen atoms in total. The van der Waals surface area contributed by atoms with Crippen molar-refractivity contribution >= 4 is 23.5 Å². The number of hydrogen-bond acceptors (Lipinski definition) is 3. The number of rotatable bonds is 2. The highest BCUT2D eigenvalue weighted by Crippen LogP contribution is 2.39. The second-order valence-corrected chi connectivity index (χ2v) is 6.80. The fourth-order valence-corrected chi connectivity index (χ4v) is 5.31. The molecule has 1 unspecified atom stereocenters. The van der Waals surface area contributed by atoms with Crippen molar-refractivity contribution in [1.29, 1.82) is 0 Å². The molecule has 2 rings (SSSR count).